The van der Waals surface area contributed by atoms with Gasteiger partial charge in [-0.25, -0.2) is 0 Å². The number of hydrogen-bond acceptors (Lipinski definition) is 6. The summed E-state index contributed by atoms with van der Waals surface area (Å²) in [6.45, 7) is 8.03. The first-order valence-corrected chi connectivity index (χ1v) is 11.5. The Kier molecular flexibility index (Phi) is 8.73. The van der Waals surface area contributed by atoms with Crippen molar-refractivity contribution in [2.75, 3.05) is 61.6 Å². The third-order valence-corrected chi connectivity index (χ3v) is 5.89. The number of nitrogens with zero attached hydrogens (tertiary/aromatic N) is 4. The van der Waals surface area contributed by atoms with Gasteiger partial charge in [-0.1, -0.05) is 19.8 Å². The van der Waals surface area contributed by atoms with Gasteiger partial charge in [0, 0.05) is 52.5 Å². The van der Waals surface area contributed by atoms with Gasteiger partial charge < -0.3 is 25.2 Å². The molecule has 0 aromatic carbocycles. The van der Waals surface area contributed by atoms with E-state index in [9.17, 15) is 0 Å². The van der Waals surface area contributed by atoms with Crippen LogP contribution >= 0.6 is 12.2 Å². The molecule has 7 nitrogen and oxygen atoms in total. The van der Waals surface area contributed by atoms with Gasteiger partial charge in [-0.2, -0.15) is 9.97 Å². The zero-order valence-electron chi connectivity index (χ0n) is 18.0. The first kappa shape index (κ1) is 22.0. The molecule has 2 N–H and O–H groups in total. The van der Waals surface area contributed by atoms with E-state index in [1.54, 1.807) is 7.11 Å². The molecule has 8 heteroatoms. The molecule has 0 spiro atoms. The molecule has 0 aliphatic carbocycles. The lowest BCUT2D eigenvalue weighted by Crippen LogP contribution is -2.36. The maximum Gasteiger partial charge on any atom is 0.232 e. The smallest absolute Gasteiger partial charge is 0.232 e. The summed E-state index contributed by atoms with van der Waals surface area (Å²) in [6, 6.07) is 2.17. The summed E-state index contributed by atoms with van der Waals surface area (Å²) in [6.07, 6.45) is 8.47. The molecule has 2 fully saturated rings. The molecule has 1 atom stereocenters. The second kappa shape index (κ2) is 11.5. The minimum atomic E-state index is 0.562. The lowest BCUT2D eigenvalue weighted by atomic mass is 10.0. The highest BCUT2D eigenvalue weighted by Crippen LogP contribution is 2.27. The van der Waals surface area contributed by atoms with E-state index in [0.717, 1.165) is 50.8 Å². The zero-order valence-corrected chi connectivity index (χ0v) is 18.8. The van der Waals surface area contributed by atoms with E-state index in [-0.39, 0.29) is 0 Å². The Labute approximate surface area is 180 Å². The normalized spacial score (nSPS) is 20.3. The van der Waals surface area contributed by atoms with Gasteiger partial charge in [0.25, 0.3) is 0 Å². The van der Waals surface area contributed by atoms with Crippen molar-refractivity contribution in [1.82, 2.24) is 15.3 Å². The molecule has 2 aliphatic rings. The highest BCUT2D eigenvalue weighted by molar-refractivity contribution is 7.80. The molecule has 0 radical (unpaired) electrons. The van der Waals surface area contributed by atoms with Gasteiger partial charge in [0.2, 0.25) is 5.95 Å². The highest BCUT2D eigenvalue weighted by atomic mass is 32.1. The number of aromatic nitrogens is 2. The number of piperidine rings is 1. The van der Waals surface area contributed by atoms with Crippen LogP contribution in [-0.2, 0) is 4.74 Å². The molecule has 3 rings (SSSR count). The molecule has 3 heterocycles. The topological polar surface area (TPSA) is 65.6 Å². The van der Waals surface area contributed by atoms with E-state index >= 15 is 0 Å². The monoisotopic (exact) mass is 420 g/mol. The Morgan fingerprint density at radius 1 is 1.10 bits per heavy atom. The van der Waals surface area contributed by atoms with Crippen molar-refractivity contribution < 1.29 is 4.74 Å². The highest BCUT2D eigenvalue weighted by Gasteiger charge is 2.21. The summed E-state index contributed by atoms with van der Waals surface area (Å²) in [5, 5.41) is 6.98. The Morgan fingerprint density at radius 3 is 2.48 bits per heavy atom. The summed E-state index contributed by atoms with van der Waals surface area (Å²) in [5.41, 5.74) is 0. The molecule has 1 aromatic rings. The fourth-order valence-corrected chi connectivity index (χ4v) is 4.26. The summed E-state index contributed by atoms with van der Waals surface area (Å²) >= 11 is 5.46. The van der Waals surface area contributed by atoms with Crippen LogP contribution < -0.4 is 20.4 Å². The zero-order chi connectivity index (χ0) is 20.5. The van der Waals surface area contributed by atoms with Crippen molar-refractivity contribution in [2.24, 2.45) is 5.92 Å². The number of thiocarbonyl (C=S) groups is 1. The number of methoxy groups -OCH3 is 1. The first-order valence-electron chi connectivity index (χ1n) is 11.1. The second-order valence-corrected chi connectivity index (χ2v) is 8.64. The van der Waals surface area contributed by atoms with Gasteiger partial charge in [0.1, 0.15) is 11.6 Å². The Bertz CT molecular complexity index is 630. The fourth-order valence-electron chi connectivity index (χ4n) is 4.06. The summed E-state index contributed by atoms with van der Waals surface area (Å²) in [5.74, 6) is 3.31. The average molecular weight is 421 g/mol. The number of hydrogen-bond donors (Lipinski definition) is 2. The Balaban J connectivity index is 1.75. The Morgan fingerprint density at radius 2 is 1.79 bits per heavy atom. The van der Waals surface area contributed by atoms with Crippen LogP contribution in [0, 0.1) is 5.92 Å². The Hall–Kier alpha value is -1.67. The van der Waals surface area contributed by atoms with Crippen LogP contribution in [0.4, 0.5) is 17.6 Å². The maximum absolute atomic E-state index is 5.46. The van der Waals surface area contributed by atoms with Crippen molar-refractivity contribution in [1.29, 1.82) is 0 Å². The molecule has 162 valence electrons. The predicted molar refractivity (Wildman–Crippen MR) is 124 cm³/mol. The van der Waals surface area contributed by atoms with Gasteiger partial charge >= 0.3 is 0 Å². The van der Waals surface area contributed by atoms with Crippen LogP contribution in [0.25, 0.3) is 0 Å². The minimum absolute atomic E-state index is 0.562. The largest absolute Gasteiger partial charge is 0.385 e. The van der Waals surface area contributed by atoms with Crippen LogP contribution in [0.1, 0.15) is 51.9 Å². The molecule has 0 saturated carbocycles. The lowest BCUT2D eigenvalue weighted by molar-refractivity contribution is 0.196. The predicted octanol–water partition coefficient (Wildman–Crippen LogP) is 3.42. The summed E-state index contributed by atoms with van der Waals surface area (Å²) < 4.78 is 5.09. The number of rotatable bonds is 7. The third-order valence-electron chi connectivity index (χ3n) is 5.65. The van der Waals surface area contributed by atoms with Crippen LogP contribution in [0.3, 0.4) is 0 Å². The number of ether oxygens (including phenoxy) is 1. The SMILES string of the molecule is COCCCNC(=S)Nc1nc(N2CCCCCC2)cc(N2CCC[C@H](C)C2)n1. The van der Waals surface area contributed by atoms with Gasteiger partial charge in [-0.05, 0) is 50.2 Å². The molecule has 0 bridgehead atoms. The quantitative estimate of drug-likeness (QED) is 0.514. The van der Waals surface area contributed by atoms with Gasteiger partial charge in [0.05, 0.1) is 0 Å². The van der Waals surface area contributed by atoms with E-state index in [0.29, 0.717) is 23.6 Å². The van der Waals surface area contributed by atoms with Crippen molar-refractivity contribution in [3.05, 3.63) is 6.07 Å². The standard InChI is InChI=1S/C21H36N6OS/c1-17-9-7-13-27(16-17)19-15-18(26-11-5-3-4-6-12-26)23-20(24-19)25-21(29)22-10-8-14-28-2/h15,17H,3-14,16H2,1-2H3,(H2,22,23,24,25,29)/t17-/m0/s1. The summed E-state index contributed by atoms with van der Waals surface area (Å²) in [4.78, 5) is 14.4. The minimum Gasteiger partial charge on any atom is -0.385 e. The van der Waals surface area contributed by atoms with E-state index in [2.05, 4.69) is 33.4 Å². The molecule has 29 heavy (non-hydrogen) atoms. The number of nitrogens with one attached hydrogen (secondary N) is 2. The molecular formula is C21H36N6OS. The molecule has 0 amide bonds. The van der Waals surface area contributed by atoms with E-state index in [1.165, 1.54) is 38.5 Å². The summed E-state index contributed by atoms with van der Waals surface area (Å²) in [7, 11) is 1.71. The van der Waals surface area contributed by atoms with E-state index in [1.807, 2.05) is 0 Å². The van der Waals surface area contributed by atoms with E-state index < -0.39 is 0 Å². The van der Waals surface area contributed by atoms with Crippen LogP contribution in [0.2, 0.25) is 0 Å². The van der Waals surface area contributed by atoms with Gasteiger partial charge in [0.15, 0.2) is 5.11 Å². The molecule has 0 unspecified atom stereocenters. The van der Waals surface area contributed by atoms with Crippen molar-refractivity contribution in [3.8, 4) is 0 Å². The molecule has 1 aromatic heterocycles. The van der Waals surface area contributed by atoms with E-state index in [4.69, 9.17) is 26.9 Å². The third kappa shape index (κ3) is 6.96. The van der Waals surface area contributed by atoms with Crippen LogP contribution in [-0.4, -0.2) is 61.5 Å². The van der Waals surface area contributed by atoms with Gasteiger partial charge in [-0.3, -0.25) is 0 Å². The lowest BCUT2D eigenvalue weighted by Gasteiger charge is -2.33. The van der Waals surface area contributed by atoms with Crippen molar-refractivity contribution in [3.63, 3.8) is 0 Å². The fraction of sp³-hybridized carbons (Fsp3) is 0.762. The van der Waals surface area contributed by atoms with Crippen molar-refractivity contribution in [2.45, 2.75) is 51.9 Å². The molecule has 2 aliphatic heterocycles. The molecular weight excluding hydrogens is 384 g/mol. The van der Waals surface area contributed by atoms with Crippen LogP contribution in [0.15, 0.2) is 6.07 Å². The van der Waals surface area contributed by atoms with Crippen molar-refractivity contribution >= 4 is 34.9 Å². The molecule has 2 saturated heterocycles. The van der Waals surface area contributed by atoms with Gasteiger partial charge in [-0.15, -0.1) is 0 Å². The maximum atomic E-state index is 5.46. The average Bonchev–Trinajstić information content (AvgIpc) is 3.01. The first-order chi connectivity index (χ1) is 14.2. The number of anilines is 3. The van der Waals surface area contributed by atoms with Crippen LogP contribution in [0.5, 0.6) is 0 Å². The second-order valence-electron chi connectivity index (χ2n) is 8.23.